The predicted molar refractivity (Wildman–Crippen MR) is 60.7 cm³/mol. The molecule has 18 heavy (non-hydrogen) atoms. The van der Waals surface area contributed by atoms with Gasteiger partial charge in [0, 0.05) is 26.1 Å². The lowest BCUT2D eigenvalue weighted by molar-refractivity contribution is -0.137. The van der Waals surface area contributed by atoms with Gasteiger partial charge in [0.05, 0.1) is 6.54 Å². The number of urea groups is 1. The lowest BCUT2D eigenvalue weighted by Gasteiger charge is -2.27. The smallest absolute Gasteiger partial charge is 0.317 e. The minimum atomic E-state index is -0.852. The molecule has 0 fully saturated rings. The largest absolute Gasteiger partial charge is 0.481 e. The van der Waals surface area contributed by atoms with Crippen LogP contribution in [0.1, 0.15) is 18.7 Å². The van der Waals surface area contributed by atoms with Gasteiger partial charge in [-0.05, 0) is 6.42 Å². The summed E-state index contributed by atoms with van der Waals surface area (Å²) in [4.78, 5) is 23.7. The number of nitrogens with zero attached hydrogens (tertiary/aromatic N) is 4. The molecule has 2 heterocycles. The van der Waals surface area contributed by atoms with Crippen LogP contribution in [0, 0.1) is 0 Å². The van der Waals surface area contributed by atoms with Crippen LogP contribution < -0.4 is 5.32 Å². The van der Waals surface area contributed by atoms with Crippen LogP contribution >= 0.6 is 0 Å². The quantitative estimate of drug-likeness (QED) is 0.715. The fourth-order valence-corrected chi connectivity index (χ4v) is 1.79. The molecule has 0 radical (unpaired) electrons. The third-order valence-corrected chi connectivity index (χ3v) is 2.77. The third kappa shape index (κ3) is 2.96. The van der Waals surface area contributed by atoms with Crippen LogP contribution in [0.25, 0.3) is 0 Å². The highest BCUT2D eigenvalue weighted by molar-refractivity contribution is 5.74. The number of aromatic nitrogens is 3. The van der Waals surface area contributed by atoms with Gasteiger partial charge in [0.1, 0.15) is 6.33 Å². The number of hydrogen-bond donors (Lipinski definition) is 2. The van der Waals surface area contributed by atoms with E-state index in [9.17, 15) is 9.59 Å². The Morgan fingerprint density at radius 2 is 2.28 bits per heavy atom. The lowest BCUT2D eigenvalue weighted by atomic mass is 10.3. The van der Waals surface area contributed by atoms with Crippen molar-refractivity contribution in [3.8, 4) is 0 Å². The number of rotatable bonds is 4. The van der Waals surface area contributed by atoms with Crippen molar-refractivity contribution in [1.29, 1.82) is 0 Å². The Kier molecular flexibility index (Phi) is 3.75. The number of aliphatic carboxylic acids is 1. The maximum Gasteiger partial charge on any atom is 0.317 e. The average molecular weight is 253 g/mol. The zero-order valence-corrected chi connectivity index (χ0v) is 9.87. The van der Waals surface area contributed by atoms with Crippen LogP contribution in [0.15, 0.2) is 6.33 Å². The Morgan fingerprint density at radius 1 is 1.44 bits per heavy atom. The number of amides is 2. The first-order chi connectivity index (χ1) is 8.66. The van der Waals surface area contributed by atoms with Crippen LogP contribution in [0.2, 0.25) is 0 Å². The van der Waals surface area contributed by atoms with Gasteiger partial charge in [0.15, 0.2) is 5.82 Å². The summed E-state index contributed by atoms with van der Waals surface area (Å²) in [7, 11) is 0. The van der Waals surface area contributed by atoms with Crippen LogP contribution in [0.3, 0.4) is 0 Å². The Labute approximate surface area is 104 Å². The number of hydrogen-bond acceptors (Lipinski definition) is 4. The van der Waals surface area contributed by atoms with Crippen molar-refractivity contribution < 1.29 is 14.7 Å². The second-order valence-corrected chi connectivity index (χ2v) is 4.09. The maximum absolute atomic E-state index is 11.8. The zero-order chi connectivity index (χ0) is 13.0. The fourth-order valence-electron chi connectivity index (χ4n) is 1.79. The number of carboxylic acids is 1. The molecule has 2 N–H and O–H groups in total. The molecule has 0 aromatic carbocycles. The molecule has 0 bridgehead atoms. The lowest BCUT2D eigenvalue weighted by Crippen LogP contribution is -2.44. The Morgan fingerprint density at radius 3 is 3.06 bits per heavy atom. The van der Waals surface area contributed by atoms with Crippen LogP contribution in [-0.2, 0) is 17.9 Å². The van der Waals surface area contributed by atoms with Crippen LogP contribution in [0.5, 0.6) is 0 Å². The molecular weight excluding hydrogens is 238 g/mol. The summed E-state index contributed by atoms with van der Waals surface area (Å²) in [6.07, 6.45) is 2.15. The summed E-state index contributed by atoms with van der Waals surface area (Å²) in [6.45, 7) is 2.10. The molecule has 98 valence electrons. The standard InChI is InChI=1S/C10H15N5O3/c16-9(17)2-1-3-11-10(18)14-4-5-15-7-12-13-8(15)6-14/h7H,1-6H2,(H,11,18)(H,16,17). The van der Waals surface area contributed by atoms with Crippen molar-refractivity contribution in [3.05, 3.63) is 12.2 Å². The van der Waals surface area contributed by atoms with Gasteiger partial charge in [-0.25, -0.2) is 4.79 Å². The van der Waals surface area contributed by atoms with E-state index in [1.54, 1.807) is 11.2 Å². The summed E-state index contributed by atoms with van der Waals surface area (Å²) >= 11 is 0. The Bertz CT molecular complexity index is 444. The summed E-state index contributed by atoms with van der Waals surface area (Å²) < 4.78 is 1.91. The number of carbonyl (C=O) groups excluding carboxylic acids is 1. The van der Waals surface area contributed by atoms with E-state index >= 15 is 0 Å². The first-order valence-electron chi connectivity index (χ1n) is 5.78. The summed E-state index contributed by atoms with van der Waals surface area (Å²) in [5, 5.41) is 18.9. The van der Waals surface area contributed by atoms with E-state index in [1.165, 1.54) is 0 Å². The van der Waals surface area contributed by atoms with Crippen LogP contribution in [-0.4, -0.2) is 49.9 Å². The fraction of sp³-hybridized carbons (Fsp3) is 0.600. The van der Waals surface area contributed by atoms with Gasteiger partial charge in [0.25, 0.3) is 0 Å². The molecule has 8 nitrogen and oxygen atoms in total. The molecule has 0 saturated heterocycles. The highest BCUT2D eigenvalue weighted by Gasteiger charge is 2.21. The molecule has 0 atom stereocenters. The monoisotopic (exact) mass is 253 g/mol. The molecule has 0 saturated carbocycles. The van der Waals surface area contributed by atoms with Crippen LogP contribution in [0.4, 0.5) is 4.79 Å². The van der Waals surface area contributed by atoms with Gasteiger partial charge in [-0.15, -0.1) is 10.2 Å². The molecule has 0 aliphatic carbocycles. The van der Waals surface area contributed by atoms with Gasteiger partial charge in [-0.2, -0.15) is 0 Å². The van der Waals surface area contributed by atoms with Crippen molar-refractivity contribution in [3.63, 3.8) is 0 Å². The molecule has 2 amide bonds. The van der Waals surface area contributed by atoms with Crippen molar-refractivity contribution >= 4 is 12.0 Å². The van der Waals surface area contributed by atoms with Crippen molar-refractivity contribution in [2.24, 2.45) is 0 Å². The van der Waals surface area contributed by atoms with Crippen molar-refractivity contribution in [1.82, 2.24) is 25.0 Å². The van der Waals surface area contributed by atoms with E-state index < -0.39 is 5.97 Å². The minimum absolute atomic E-state index is 0.0641. The SMILES string of the molecule is O=C(O)CCCNC(=O)N1CCn2cnnc2C1. The molecule has 2 rings (SSSR count). The van der Waals surface area contributed by atoms with Gasteiger partial charge in [0.2, 0.25) is 0 Å². The molecule has 8 heteroatoms. The topological polar surface area (TPSA) is 100 Å². The normalized spacial score (nSPS) is 14.1. The summed E-state index contributed by atoms with van der Waals surface area (Å²) in [5.41, 5.74) is 0. The molecule has 1 aromatic heterocycles. The molecule has 1 aromatic rings. The molecular formula is C10H15N5O3. The Hall–Kier alpha value is -2.12. The predicted octanol–water partition coefficient (Wildman–Crippen LogP) is -0.332. The third-order valence-electron chi connectivity index (χ3n) is 2.77. The van der Waals surface area contributed by atoms with Gasteiger partial charge < -0.3 is 19.9 Å². The number of fused-ring (bicyclic) bond motifs is 1. The number of nitrogens with one attached hydrogen (secondary N) is 1. The Balaban J connectivity index is 1.75. The average Bonchev–Trinajstić information content (AvgIpc) is 2.81. The summed E-state index contributed by atoms with van der Waals surface area (Å²) in [5.74, 6) is -0.0859. The summed E-state index contributed by atoms with van der Waals surface area (Å²) in [6, 6.07) is -0.186. The van der Waals surface area contributed by atoms with E-state index in [0.717, 1.165) is 5.82 Å². The van der Waals surface area contributed by atoms with Gasteiger partial charge in [-0.1, -0.05) is 0 Å². The minimum Gasteiger partial charge on any atom is -0.481 e. The number of carbonyl (C=O) groups is 2. The molecule has 1 aliphatic rings. The van der Waals surface area contributed by atoms with Gasteiger partial charge >= 0.3 is 12.0 Å². The number of carboxylic acid groups (broad SMARTS) is 1. The van der Waals surface area contributed by atoms with Gasteiger partial charge in [-0.3, -0.25) is 4.79 Å². The highest BCUT2D eigenvalue weighted by atomic mass is 16.4. The van der Waals surface area contributed by atoms with E-state index in [1.807, 2.05) is 4.57 Å². The van der Waals surface area contributed by atoms with Crippen molar-refractivity contribution in [2.75, 3.05) is 13.1 Å². The zero-order valence-electron chi connectivity index (χ0n) is 9.87. The van der Waals surface area contributed by atoms with Crippen molar-refractivity contribution in [2.45, 2.75) is 25.9 Å². The maximum atomic E-state index is 11.8. The first kappa shape index (κ1) is 12.3. The second kappa shape index (κ2) is 5.48. The molecule has 0 spiro atoms. The molecule has 0 unspecified atom stereocenters. The highest BCUT2D eigenvalue weighted by Crippen LogP contribution is 2.08. The van der Waals surface area contributed by atoms with E-state index in [0.29, 0.717) is 32.6 Å². The van der Waals surface area contributed by atoms with E-state index in [-0.39, 0.29) is 12.5 Å². The van der Waals surface area contributed by atoms with E-state index in [2.05, 4.69) is 15.5 Å². The first-order valence-corrected chi connectivity index (χ1v) is 5.78. The second-order valence-electron chi connectivity index (χ2n) is 4.09. The molecule has 1 aliphatic heterocycles. The van der Waals surface area contributed by atoms with E-state index in [4.69, 9.17) is 5.11 Å².